The van der Waals surface area contributed by atoms with E-state index in [2.05, 4.69) is 32.2 Å². The maximum atomic E-state index is 6.24. The number of rotatable bonds is 8. The molecule has 0 saturated heterocycles. The Kier molecular flexibility index (Phi) is 6.38. The van der Waals surface area contributed by atoms with Gasteiger partial charge in [-0.2, -0.15) is 0 Å². The zero-order valence-electron chi connectivity index (χ0n) is 13.5. The molecule has 0 radical (unpaired) electrons. The largest absolute Gasteiger partial charge is 0.493 e. The standard InChI is InChI=1S/C18H28ClNO/c1-4-8-20-17(10-13(2)3)6-5-14-11-16(19)12-15-7-9-21-18(14)15/h11-13,17,20H,4-10H2,1-3H3. The van der Waals surface area contributed by atoms with Crippen LogP contribution in [0.1, 0.15) is 51.2 Å². The Morgan fingerprint density at radius 2 is 2.14 bits per heavy atom. The van der Waals surface area contributed by atoms with Gasteiger partial charge in [-0.1, -0.05) is 32.4 Å². The highest BCUT2D eigenvalue weighted by molar-refractivity contribution is 6.30. The summed E-state index contributed by atoms with van der Waals surface area (Å²) in [5.41, 5.74) is 2.56. The molecule has 0 bridgehead atoms. The zero-order valence-corrected chi connectivity index (χ0v) is 14.3. The second-order valence-electron chi connectivity index (χ2n) is 6.47. The normalized spacial score (nSPS) is 15.1. The van der Waals surface area contributed by atoms with Crippen molar-refractivity contribution in [3.63, 3.8) is 0 Å². The Morgan fingerprint density at radius 1 is 1.33 bits per heavy atom. The quantitative estimate of drug-likeness (QED) is 0.756. The van der Waals surface area contributed by atoms with Gasteiger partial charge in [0.15, 0.2) is 0 Å². The second kappa shape index (κ2) is 8.05. The maximum absolute atomic E-state index is 6.24. The first-order chi connectivity index (χ1) is 10.1. The lowest BCUT2D eigenvalue weighted by Crippen LogP contribution is -2.31. The Balaban J connectivity index is 2.00. The molecule has 1 N–H and O–H groups in total. The smallest absolute Gasteiger partial charge is 0.125 e. The van der Waals surface area contributed by atoms with Gasteiger partial charge in [0.2, 0.25) is 0 Å². The van der Waals surface area contributed by atoms with Gasteiger partial charge >= 0.3 is 0 Å². The molecule has 1 aliphatic heterocycles. The number of aryl methyl sites for hydroxylation is 1. The fraction of sp³-hybridized carbons (Fsp3) is 0.667. The van der Waals surface area contributed by atoms with Crippen LogP contribution < -0.4 is 10.1 Å². The number of benzene rings is 1. The summed E-state index contributed by atoms with van der Waals surface area (Å²) in [5, 5.41) is 4.52. The van der Waals surface area contributed by atoms with Gasteiger partial charge in [-0.3, -0.25) is 0 Å². The number of ether oxygens (including phenoxy) is 1. The van der Waals surface area contributed by atoms with Crippen LogP contribution in [0, 0.1) is 5.92 Å². The molecule has 1 aromatic carbocycles. The molecular formula is C18H28ClNO. The fourth-order valence-electron chi connectivity index (χ4n) is 3.08. The number of nitrogens with one attached hydrogen (secondary N) is 1. The molecule has 1 atom stereocenters. The van der Waals surface area contributed by atoms with E-state index in [-0.39, 0.29) is 0 Å². The lowest BCUT2D eigenvalue weighted by molar-refractivity contribution is 0.350. The van der Waals surface area contributed by atoms with E-state index in [1.807, 2.05) is 6.07 Å². The number of fused-ring (bicyclic) bond motifs is 1. The van der Waals surface area contributed by atoms with Crippen LogP contribution in [-0.4, -0.2) is 19.2 Å². The molecule has 3 heteroatoms. The lowest BCUT2D eigenvalue weighted by Gasteiger charge is -2.21. The van der Waals surface area contributed by atoms with E-state index in [0.717, 1.165) is 49.1 Å². The Bertz CT molecular complexity index is 459. The molecule has 1 unspecified atom stereocenters. The molecule has 118 valence electrons. The van der Waals surface area contributed by atoms with Crippen molar-refractivity contribution in [3.05, 3.63) is 28.3 Å². The minimum Gasteiger partial charge on any atom is -0.493 e. The number of hydrogen-bond acceptors (Lipinski definition) is 2. The second-order valence-corrected chi connectivity index (χ2v) is 6.91. The van der Waals surface area contributed by atoms with E-state index in [4.69, 9.17) is 16.3 Å². The van der Waals surface area contributed by atoms with Crippen molar-refractivity contribution in [2.45, 2.75) is 58.9 Å². The summed E-state index contributed by atoms with van der Waals surface area (Å²) < 4.78 is 5.80. The van der Waals surface area contributed by atoms with Gasteiger partial charge in [-0.15, -0.1) is 0 Å². The predicted molar refractivity (Wildman–Crippen MR) is 90.5 cm³/mol. The summed E-state index contributed by atoms with van der Waals surface area (Å²) in [7, 11) is 0. The summed E-state index contributed by atoms with van der Waals surface area (Å²) in [6.07, 6.45) is 5.59. The van der Waals surface area contributed by atoms with Gasteiger partial charge in [-0.05, 0) is 61.4 Å². The molecule has 0 saturated carbocycles. The molecule has 0 aromatic heterocycles. The third-order valence-electron chi connectivity index (χ3n) is 4.03. The van der Waals surface area contributed by atoms with E-state index in [1.54, 1.807) is 0 Å². The highest BCUT2D eigenvalue weighted by atomic mass is 35.5. The Morgan fingerprint density at radius 3 is 2.86 bits per heavy atom. The van der Waals surface area contributed by atoms with Crippen LogP contribution in [0.5, 0.6) is 5.75 Å². The third kappa shape index (κ3) is 4.89. The summed E-state index contributed by atoms with van der Waals surface area (Å²) in [4.78, 5) is 0. The van der Waals surface area contributed by atoms with Crippen molar-refractivity contribution in [3.8, 4) is 5.75 Å². The maximum Gasteiger partial charge on any atom is 0.125 e. The molecule has 1 heterocycles. The average Bonchev–Trinajstić information content (AvgIpc) is 2.89. The van der Waals surface area contributed by atoms with Crippen molar-refractivity contribution < 1.29 is 4.74 Å². The van der Waals surface area contributed by atoms with Crippen LogP contribution in [0.15, 0.2) is 12.1 Å². The first-order valence-corrected chi connectivity index (χ1v) is 8.65. The van der Waals surface area contributed by atoms with Crippen molar-refractivity contribution in [2.75, 3.05) is 13.2 Å². The molecule has 0 aliphatic carbocycles. The molecule has 1 aliphatic rings. The molecule has 1 aromatic rings. The molecule has 0 fully saturated rings. The van der Waals surface area contributed by atoms with Crippen LogP contribution in [0.2, 0.25) is 5.02 Å². The van der Waals surface area contributed by atoms with Crippen LogP contribution in [0.4, 0.5) is 0 Å². The van der Waals surface area contributed by atoms with Gasteiger partial charge in [0.1, 0.15) is 5.75 Å². The van der Waals surface area contributed by atoms with Gasteiger partial charge in [0, 0.05) is 17.5 Å². The van der Waals surface area contributed by atoms with Crippen molar-refractivity contribution >= 4 is 11.6 Å². The van der Waals surface area contributed by atoms with Gasteiger partial charge in [-0.25, -0.2) is 0 Å². The Labute approximate surface area is 134 Å². The van der Waals surface area contributed by atoms with Crippen molar-refractivity contribution in [1.29, 1.82) is 0 Å². The zero-order chi connectivity index (χ0) is 15.2. The molecular weight excluding hydrogens is 282 g/mol. The monoisotopic (exact) mass is 309 g/mol. The van der Waals surface area contributed by atoms with Crippen LogP contribution >= 0.6 is 11.6 Å². The molecule has 2 rings (SSSR count). The highest BCUT2D eigenvalue weighted by Crippen LogP contribution is 2.33. The van der Waals surface area contributed by atoms with E-state index in [0.29, 0.717) is 6.04 Å². The third-order valence-corrected chi connectivity index (χ3v) is 4.24. The van der Waals surface area contributed by atoms with E-state index in [9.17, 15) is 0 Å². The predicted octanol–water partition coefficient (Wildman–Crippen LogP) is 4.62. The van der Waals surface area contributed by atoms with E-state index >= 15 is 0 Å². The van der Waals surface area contributed by atoms with E-state index < -0.39 is 0 Å². The van der Waals surface area contributed by atoms with Crippen molar-refractivity contribution in [2.24, 2.45) is 5.92 Å². The van der Waals surface area contributed by atoms with Crippen molar-refractivity contribution in [1.82, 2.24) is 5.32 Å². The summed E-state index contributed by atoms with van der Waals surface area (Å²) in [6, 6.07) is 4.72. The van der Waals surface area contributed by atoms with Crippen LogP contribution in [0.3, 0.4) is 0 Å². The average molecular weight is 310 g/mol. The highest BCUT2D eigenvalue weighted by Gasteiger charge is 2.19. The minimum atomic E-state index is 0.584. The number of hydrogen-bond donors (Lipinski definition) is 1. The molecule has 2 nitrogen and oxygen atoms in total. The summed E-state index contributed by atoms with van der Waals surface area (Å²) in [5.74, 6) is 1.82. The van der Waals surface area contributed by atoms with Gasteiger partial charge in [0.05, 0.1) is 6.61 Å². The first-order valence-electron chi connectivity index (χ1n) is 8.27. The van der Waals surface area contributed by atoms with Gasteiger partial charge in [0.25, 0.3) is 0 Å². The lowest BCUT2D eigenvalue weighted by atomic mass is 9.96. The van der Waals surface area contributed by atoms with Crippen LogP contribution in [0.25, 0.3) is 0 Å². The molecule has 0 amide bonds. The fourth-order valence-corrected chi connectivity index (χ4v) is 3.35. The summed E-state index contributed by atoms with van der Waals surface area (Å²) >= 11 is 6.24. The van der Waals surface area contributed by atoms with Gasteiger partial charge < -0.3 is 10.1 Å². The number of halogens is 1. The molecule has 0 spiro atoms. The topological polar surface area (TPSA) is 21.3 Å². The summed E-state index contributed by atoms with van der Waals surface area (Å²) in [6.45, 7) is 8.70. The Hall–Kier alpha value is -0.730. The first kappa shape index (κ1) is 16.6. The molecule has 21 heavy (non-hydrogen) atoms. The van der Waals surface area contributed by atoms with E-state index in [1.165, 1.54) is 24.0 Å². The minimum absolute atomic E-state index is 0.584. The van der Waals surface area contributed by atoms with Crippen LogP contribution in [-0.2, 0) is 12.8 Å². The SMILES string of the molecule is CCCNC(CCc1cc(Cl)cc2c1OCC2)CC(C)C.